The molecule has 0 aromatic carbocycles. The zero-order chi connectivity index (χ0) is 20.4. The van der Waals surface area contributed by atoms with Gasteiger partial charge < -0.3 is 9.80 Å². The van der Waals surface area contributed by atoms with Gasteiger partial charge in [0.25, 0.3) is 0 Å². The molecular weight excluding hydrogens is 384 g/mol. The molecule has 0 aliphatic heterocycles. The molecule has 0 amide bonds. The van der Waals surface area contributed by atoms with Crippen LogP contribution in [0.4, 0.5) is 11.6 Å². The molecule has 29 heavy (non-hydrogen) atoms. The van der Waals surface area contributed by atoms with Crippen molar-refractivity contribution in [1.82, 2.24) is 19.6 Å². The van der Waals surface area contributed by atoms with Crippen molar-refractivity contribution in [2.24, 2.45) is 0 Å². The highest BCUT2D eigenvalue weighted by Gasteiger charge is 2.20. The molecule has 158 valence electrons. The van der Waals surface area contributed by atoms with Crippen molar-refractivity contribution in [3.63, 3.8) is 0 Å². The summed E-state index contributed by atoms with van der Waals surface area (Å²) in [5, 5.41) is 4.89. The molecule has 3 heterocycles. The van der Waals surface area contributed by atoms with Gasteiger partial charge in [0, 0.05) is 50.7 Å². The first kappa shape index (κ1) is 22.9. The van der Waals surface area contributed by atoms with Gasteiger partial charge in [-0.1, -0.05) is 13.8 Å². The maximum absolute atomic E-state index is 4.89. The van der Waals surface area contributed by atoms with Crippen LogP contribution in [0.5, 0.6) is 0 Å². The Bertz CT molecular complexity index is 973. The van der Waals surface area contributed by atoms with Crippen LogP contribution in [0.3, 0.4) is 0 Å². The van der Waals surface area contributed by atoms with E-state index in [-0.39, 0.29) is 12.4 Å². The van der Waals surface area contributed by atoms with Crippen molar-refractivity contribution >= 4 is 29.7 Å². The van der Waals surface area contributed by atoms with Gasteiger partial charge in [0.1, 0.15) is 11.6 Å². The van der Waals surface area contributed by atoms with Crippen molar-refractivity contribution in [2.45, 2.75) is 47.5 Å². The maximum atomic E-state index is 4.89. The van der Waals surface area contributed by atoms with Crippen LogP contribution in [0.2, 0.25) is 0 Å². The van der Waals surface area contributed by atoms with E-state index >= 15 is 0 Å². The second kappa shape index (κ2) is 9.44. The standard InChI is InChI=1S/C22H32N6.ClH/c1-8-10-27(11-9-2)20-13-16(4)24-22-21(17(5)25-28(20)22)18-14-23-19(26(6)7)12-15(18)3;/h12-14H,8-11H2,1-7H3;1H. The van der Waals surface area contributed by atoms with E-state index in [9.17, 15) is 0 Å². The normalized spacial score (nSPS) is 10.9. The Morgan fingerprint density at radius 3 is 2.21 bits per heavy atom. The molecule has 0 spiro atoms. The number of hydrogen-bond acceptors (Lipinski definition) is 5. The molecule has 6 nitrogen and oxygen atoms in total. The zero-order valence-electron chi connectivity index (χ0n) is 18.7. The number of fused-ring (bicyclic) bond motifs is 1. The summed E-state index contributed by atoms with van der Waals surface area (Å²) in [5.41, 5.74) is 6.26. The van der Waals surface area contributed by atoms with Gasteiger partial charge in [-0.2, -0.15) is 9.61 Å². The predicted octanol–water partition coefficient (Wildman–Crippen LogP) is 4.83. The number of hydrogen-bond donors (Lipinski definition) is 0. The Balaban J connectivity index is 0.00000300. The molecule has 0 fully saturated rings. The van der Waals surface area contributed by atoms with Gasteiger partial charge in [0.2, 0.25) is 0 Å². The van der Waals surface area contributed by atoms with Crippen molar-refractivity contribution in [2.75, 3.05) is 37.0 Å². The van der Waals surface area contributed by atoms with Crippen LogP contribution in [0.1, 0.15) is 43.6 Å². The summed E-state index contributed by atoms with van der Waals surface area (Å²) >= 11 is 0. The summed E-state index contributed by atoms with van der Waals surface area (Å²) in [4.78, 5) is 13.9. The van der Waals surface area contributed by atoms with Gasteiger partial charge in [-0.25, -0.2) is 9.97 Å². The first-order valence-electron chi connectivity index (χ1n) is 10.1. The number of aromatic nitrogens is 4. The van der Waals surface area contributed by atoms with Crippen molar-refractivity contribution in [3.05, 3.63) is 35.3 Å². The van der Waals surface area contributed by atoms with E-state index in [0.29, 0.717) is 0 Å². The van der Waals surface area contributed by atoms with E-state index in [0.717, 1.165) is 65.7 Å². The third-order valence-corrected chi connectivity index (χ3v) is 5.01. The van der Waals surface area contributed by atoms with E-state index in [1.165, 1.54) is 5.56 Å². The number of rotatable bonds is 7. The third kappa shape index (κ3) is 4.47. The van der Waals surface area contributed by atoms with Gasteiger partial charge in [0.15, 0.2) is 5.65 Å². The first-order valence-corrected chi connectivity index (χ1v) is 10.1. The van der Waals surface area contributed by atoms with Crippen LogP contribution in [0.15, 0.2) is 18.3 Å². The van der Waals surface area contributed by atoms with E-state index in [2.05, 4.69) is 56.6 Å². The smallest absolute Gasteiger partial charge is 0.165 e. The second-order valence-electron chi connectivity index (χ2n) is 7.69. The molecule has 0 atom stereocenters. The minimum atomic E-state index is 0. The topological polar surface area (TPSA) is 49.6 Å². The summed E-state index contributed by atoms with van der Waals surface area (Å²) in [7, 11) is 4.02. The molecule has 0 N–H and O–H groups in total. The third-order valence-electron chi connectivity index (χ3n) is 5.01. The van der Waals surface area contributed by atoms with Crippen LogP contribution in [-0.4, -0.2) is 46.8 Å². The van der Waals surface area contributed by atoms with Crippen LogP contribution < -0.4 is 9.80 Å². The quantitative estimate of drug-likeness (QED) is 0.552. The minimum Gasteiger partial charge on any atom is -0.363 e. The fourth-order valence-electron chi connectivity index (χ4n) is 3.69. The number of anilines is 2. The lowest BCUT2D eigenvalue weighted by molar-refractivity contribution is 0.713. The molecule has 0 aliphatic carbocycles. The number of aryl methyl sites for hydroxylation is 3. The van der Waals surface area contributed by atoms with E-state index in [4.69, 9.17) is 10.1 Å². The van der Waals surface area contributed by atoms with Gasteiger partial charge in [-0.05, 0) is 45.2 Å². The first-order chi connectivity index (χ1) is 13.4. The molecule has 0 bridgehead atoms. The molecule has 0 radical (unpaired) electrons. The molecule has 0 saturated carbocycles. The molecular formula is C22H33ClN6. The molecule has 0 saturated heterocycles. The monoisotopic (exact) mass is 416 g/mol. The Hall–Kier alpha value is -2.34. The maximum Gasteiger partial charge on any atom is 0.165 e. The SMILES string of the molecule is CCCN(CCC)c1cc(C)nc2c(-c3cnc(N(C)C)cc3C)c(C)nn12.Cl. The van der Waals surface area contributed by atoms with E-state index in [1.807, 2.05) is 29.7 Å². The molecule has 0 unspecified atom stereocenters. The van der Waals surface area contributed by atoms with Gasteiger partial charge in [0.05, 0.1) is 11.3 Å². The Labute approximate surface area is 180 Å². The van der Waals surface area contributed by atoms with Crippen LogP contribution in [-0.2, 0) is 0 Å². The second-order valence-corrected chi connectivity index (χ2v) is 7.69. The van der Waals surface area contributed by atoms with Crippen LogP contribution in [0, 0.1) is 20.8 Å². The lowest BCUT2D eigenvalue weighted by atomic mass is 10.0. The highest BCUT2D eigenvalue weighted by molar-refractivity contribution is 5.85. The molecule has 0 aliphatic rings. The summed E-state index contributed by atoms with van der Waals surface area (Å²) in [6, 6.07) is 4.27. The zero-order valence-corrected chi connectivity index (χ0v) is 19.5. The molecule has 7 heteroatoms. The van der Waals surface area contributed by atoms with Crippen molar-refractivity contribution < 1.29 is 0 Å². The number of halogens is 1. The average molecular weight is 417 g/mol. The van der Waals surface area contributed by atoms with Crippen molar-refractivity contribution in [1.29, 1.82) is 0 Å². The van der Waals surface area contributed by atoms with Crippen LogP contribution >= 0.6 is 12.4 Å². The fraction of sp³-hybridized carbons (Fsp3) is 0.500. The minimum absolute atomic E-state index is 0. The molecule has 3 aromatic rings. The Kier molecular flexibility index (Phi) is 7.47. The van der Waals surface area contributed by atoms with Crippen LogP contribution in [0.25, 0.3) is 16.8 Å². The molecule has 3 rings (SSSR count). The van der Waals surface area contributed by atoms with Gasteiger partial charge >= 0.3 is 0 Å². The summed E-state index contributed by atoms with van der Waals surface area (Å²) in [5.74, 6) is 2.08. The Morgan fingerprint density at radius 2 is 1.66 bits per heavy atom. The number of nitrogens with zero attached hydrogens (tertiary/aromatic N) is 6. The summed E-state index contributed by atoms with van der Waals surface area (Å²) < 4.78 is 2.02. The molecule has 3 aromatic heterocycles. The summed E-state index contributed by atoms with van der Waals surface area (Å²) in [6.45, 7) is 12.7. The number of pyridine rings is 1. The average Bonchev–Trinajstić information content (AvgIpc) is 2.96. The van der Waals surface area contributed by atoms with E-state index in [1.54, 1.807) is 0 Å². The van der Waals surface area contributed by atoms with E-state index < -0.39 is 0 Å². The lowest BCUT2D eigenvalue weighted by Gasteiger charge is -2.24. The highest BCUT2D eigenvalue weighted by Crippen LogP contribution is 2.33. The summed E-state index contributed by atoms with van der Waals surface area (Å²) in [6.07, 6.45) is 4.16. The van der Waals surface area contributed by atoms with Gasteiger partial charge in [-0.3, -0.25) is 0 Å². The highest BCUT2D eigenvalue weighted by atomic mass is 35.5. The van der Waals surface area contributed by atoms with Gasteiger partial charge in [-0.15, -0.1) is 12.4 Å². The van der Waals surface area contributed by atoms with Crippen molar-refractivity contribution in [3.8, 4) is 11.1 Å². The predicted molar refractivity (Wildman–Crippen MR) is 125 cm³/mol. The lowest BCUT2D eigenvalue weighted by Crippen LogP contribution is -2.27. The largest absolute Gasteiger partial charge is 0.363 e. The Morgan fingerprint density at radius 1 is 1.00 bits per heavy atom. The fourth-order valence-corrected chi connectivity index (χ4v) is 3.69.